The third kappa shape index (κ3) is 5.99. The molecule has 2 rings (SSSR count). The van der Waals surface area contributed by atoms with Crippen LogP contribution in [0.5, 0.6) is 0 Å². The van der Waals surface area contributed by atoms with Gasteiger partial charge in [0.05, 0.1) is 22.7 Å². The standard InChI is InChI=1S/C15H17ClN2OS2/c16-13-6-1-2-7-14(13)18-15(20)17-8-4-10-21-11-12-5-3-9-19-12/h1-3,5-7,9H,4,8,10-11H2,(H2,17,18,20). The van der Waals surface area contributed by atoms with Crippen molar-refractivity contribution in [2.45, 2.75) is 12.2 Å². The quantitative estimate of drug-likeness (QED) is 0.571. The van der Waals surface area contributed by atoms with Crippen LogP contribution in [0.3, 0.4) is 0 Å². The highest BCUT2D eigenvalue weighted by Crippen LogP contribution is 2.20. The number of benzene rings is 1. The molecule has 0 aliphatic heterocycles. The van der Waals surface area contributed by atoms with Gasteiger partial charge in [-0.25, -0.2) is 0 Å². The van der Waals surface area contributed by atoms with Crippen LogP contribution < -0.4 is 10.6 Å². The lowest BCUT2D eigenvalue weighted by molar-refractivity contribution is 0.530. The van der Waals surface area contributed by atoms with Gasteiger partial charge in [0.25, 0.3) is 0 Å². The molecule has 0 atom stereocenters. The number of furan rings is 1. The Labute approximate surface area is 139 Å². The molecule has 0 unspecified atom stereocenters. The van der Waals surface area contributed by atoms with Crippen LogP contribution in [0.4, 0.5) is 5.69 Å². The third-order valence-electron chi connectivity index (χ3n) is 2.70. The molecule has 0 aliphatic carbocycles. The largest absolute Gasteiger partial charge is 0.468 e. The Morgan fingerprint density at radius 3 is 2.86 bits per heavy atom. The van der Waals surface area contributed by atoms with Gasteiger partial charge >= 0.3 is 0 Å². The summed E-state index contributed by atoms with van der Waals surface area (Å²) in [6, 6.07) is 11.4. The van der Waals surface area contributed by atoms with Crippen LogP contribution in [-0.4, -0.2) is 17.4 Å². The smallest absolute Gasteiger partial charge is 0.170 e. The number of nitrogens with one attached hydrogen (secondary N) is 2. The van der Waals surface area contributed by atoms with Crippen LogP contribution in [0.2, 0.25) is 5.02 Å². The summed E-state index contributed by atoms with van der Waals surface area (Å²) in [6.45, 7) is 0.835. The molecule has 0 fully saturated rings. The van der Waals surface area contributed by atoms with Crippen LogP contribution in [-0.2, 0) is 5.75 Å². The topological polar surface area (TPSA) is 37.2 Å². The fraction of sp³-hybridized carbons (Fsp3) is 0.267. The van der Waals surface area contributed by atoms with E-state index in [1.807, 2.05) is 48.2 Å². The van der Waals surface area contributed by atoms with Gasteiger partial charge in [0.1, 0.15) is 5.76 Å². The summed E-state index contributed by atoms with van der Waals surface area (Å²) in [6.07, 6.45) is 2.74. The van der Waals surface area contributed by atoms with Crippen LogP contribution in [0.1, 0.15) is 12.2 Å². The fourth-order valence-electron chi connectivity index (χ4n) is 1.67. The lowest BCUT2D eigenvalue weighted by Crippen LogP contribution is -2.29. The van der Waals surface area contributed by atoms with Crippen molar-refractivity contribution >= 4 is 46.4 Å². The number of anilines is 1. The highest BCUT2D eigenvalue weighted by molar-refractivity contribution is 7.98. The maximum Gasteiger partial charge on any atom is 0.170 e. The monoisotopic (exact) mass is 340 g/mol. The molecule has 0 radical (unpaired) electrons. The van der Waals surface area contributed by atoms with Gasteiger partial charge in [0.2, 0.25) is 0 Å². The van der Waals surface area contributed by atoms with Crippen molar-refractivity contribution in [2.75, 3.05) is 17.6 Å². The Bertz CT molecular complexity index is 561. The zero-order chi connectivity index (χ0) is 14.9. The van der Waals surface area contributed by atoms with Gasteiger partial charge in [0.15, 0.2) is 5.11 Å². The second-order valence-electron chi connectivity index (χ2n) is 4.35. The molecule has 0 saturated heterocycles. The van der Waals surface area contributed by atoms with Gasteiger partial charge in [-0.05, 0) is 48.7 Å². The molecule has 112 valence electrons. The molecule has 0 spiro atoms. The highest BCUT2D eigenvalue weighted by Gasteiger charge is 2.01. The minimum absolute atomic E-state index is 0.596. The Kier molecular flexibility index (Phi) is 6.92. The number of thioether (sulfide) groups is 1. The van der Waals surface area contributed by atoms with E-state index in [0.717, 1.165) is 35.9 Å². The van der Waals surface area contributed by atoms with Crippen molar-refractivity contribution in [3.63, 3.8) is 0 Å². The van der Waals surface area contributed by atoms with Gasteiger partial charge in [-0.2, -0.15) is 11.8 Å². The Balaban J connectivity index is 1.56. The van der Waals surface area contributed by atoms with E-state index in [1.54, 1.807) is 6.26 Å². The first kappa shape index (κ1) is 16.2. The molecule has 0 amide bonds. The molecule has 0 bridgehead atoms. The van der Waals surface area contributed by atoms with Crippen molar-refractivity contribution in [3.05, 3.63) is 53.4 Å². The number of rotatable bonds is 7. The summed E-state index contributed by atoms with van der Waals surface area (Å²) < 4.78 is 5.28. The number of halogens is 1. The Hall–Kier alpha value is -1.17. The predicted octanol–water partition coefficient (Wildman–Crippen LogP) is 4.54. The zero-order valence-electron chi connectivity index (χ0n) is 11.5. The summed E-state index contributed by atoms with van der Waals surface area (Å²) in [7, 11) is 0. The maximum atomic E-state index is 6.06. The number of para-hydroxylation sites is 1. The van der Waals surface area contributed by atoms with Gasteiger partial charge < -0.3 is 15.1 Å². The number of hydrogen-bond acceptors (Lipinski definition) is 3. The lowest BCUT2D eigenvalue weighted by atomic mass is 10.3. The second-order valence-corrected chi connectivity index (χ2v) is 6.27. The summed E-state index contributed by atoms with van der Waals surface area (Å²) in [5.41, 5.74) is 0.823. The summed E-state index contributed by atoms with van der Waals surface area (Å²) >= 11 is 13.1. The molecule has 2 N–H and O–H groups in total. The van der Waals surface area contributed by atoms with E-state index in [9.17, 15) is 0 Å². The third-order valence-corrected chi connectivity index (χ3v) is 4.34. The second kappa shape index (κ2) is 8.97. The average Bonchev–Trinajstić information content (AvgIpc) is 2.98. The first-order valence-corrected chi connectivity index (χ1v) is 8.59. The van der Waals surface area contributed by atoms with E-state index < -0.39 is 0 Å². The molecule has 1 heterocycles. The predicted molar refractivity (Wildman–Crippen MR) is 95.2 cm³/mol. The van der Waals surface area contributed by atoms with E-state index in [4.69, 9.17) is 28.2 Å². The average molecular weight is 341 g/mol. The van der Waals surface area contributed by atoms with E-state index >= 15 is 0 Å². The highest BCUT2D eigenvalue weighted by atomic mass is 35.5. The maximum absolute atomic E-state index is 6.06. The van der Waals surface area contributed by atoms with E-state index in [1.165, 1.54) is 0 Å². The molecule has 2 aromatic rings. The van der Waals surface area contributed by atoms with Crippen molar-refractivity contribution in [1.82, 2.24) is 5.32 Å². The minimum atomic E-state index is 0.596. The van der Waals surface area contributed by atoms with Crippen LogP contribution >= 0.6 is 35.6 Å². The summed E-state index contributed by atoms with van der Waals surface area (Å²) in [5.74, 6) is 2.99. The Morgan fingerprint density at radius 1 is 1.24 bits per heavy atom. The van der Waals surface area contributed by atoms with Gasteiger partial charge in [-0.1, -0.05) is 23.7 Å². The van der Waals surface area contributed by atoms with Crippen molar-refractivity contribution in [1.29, 1.82) is 0 Å². The van der Waals surface area contributed by atoms with Crippen molar-refractivity contribution < 1.29 is 4.42 Å². The molecular formula is C15H17ClN2OS2. The summed E-state index contributed by atoms with van der Waals surface area (Å²) in [5, 5.41) is 7.53. The Morgan fingerprint density at radius 2 is 2.10 bits per heavy atom. The SMILES string of the molecule is S=C(NCCCSCc1ccco1)Nc1ccccc1Cl. The van der Waals surface area contributed by atoms with Crippen molar-refractivity contribution in [2.24, 2.45) is 0 Å². The van der Waals surface area contributed by atoms with Crippen LogP contribution in [0.25, 0.3) is 0 Å². The first-order chi connectivity index (χ1) is 10.3. The zero-order valence-corrected chi connectivity index (χ0v) is 13.9. The number of thiocarbonyl (C=S) groups is 1. The molecule has 6 heteroatoms. The van der Waals surface area contributed by atoms with Crippen LogP contribution in [0, 0.1) is 0 Å². The van der Waals surface area contributed by atoms with E-state index in [0.29, 0.717) is 10.1 Å². The molecule has 0 saturated carbocycles. The minimum Gasteiger partial charge on any atom is -0.468 e. The molecule has 0 aliphatic rings. The molecular weight excluding hydrogens is 324 g/mol. The summed E-state index contributed by atoms with van der Waals surface area (Å²) in [4.78, 5) is 0. The molecule has 1 aromatic heterocycles. The molecule has 21 heavy (non-hydrogen) atoms. The van der Waals surface area contributed by atoms with E-state index in [-0.39, 0.29) is 0 Å². The molecule has 1 aromatic carbocycles. The van der Waals surface area contributed by atoms with Gasteiger partial charge in [0, 0.05) is 6.54 Å². The lowest BCUT2D eigenvalue weighted by Gasteiger charge is -2.11. The van der Waals surface area contributed by atoms with Crippen LogP contribution in [0.15, 0.2) is 47.1 Å². The first-order valence-electron chi connectivity index (χ1n) is 6.65. The van der Waals surface area contributed by atoms with E-state index in [2.05, 4.69) is 10.6 Å². The molecule has 3 nitrogen and oxygen atoms in total. The number of hydrogen-bond donors (Lipinski definition) is 2. The van der Waals surface area contributed by atoms with Gasteiger partial charge in [-0.3, -0.25) is 0 Å². The normalized spacial score (nSPS) is 10.3. The van der Waals surface area contributed by atoms with Crippen molar-refractivity contribution in [3.8, 4) is 0 Å². The fourth-order valence-corrected chi connectivity index (χ4v) is 2.93. The van der Waals surface area contributed by atoms with Gasteiger partial charge in [-0.15, -0.1) is 0 Å².